The normalized spacial score (nSPS) is 21.5. The number of nitrogens with zero attached hydrogens (tertiary/aromatic N) is 2. The van der Waals surface area contributed by atoms with Gasteiger partial charge in [0.15, 0.2) is 11.6 Å². The van der Waals surface area contributed by atoms with Crippen LogP contribution in [0.5, 0.6) is 0 Å². The Kier molecular flexibility index (Phi) is 3.66. The average molecular weight is 224 g/mol. The number of hydrogen-bond donors (Lipinski definition) is 2. The molecule has 0 radical (unpaired) electrons. The fraction of sp³-hybridized carbons (Fsp3) is 0.636. The molecule has 16 heavy (non-hydrogen) atoms. The Morgan fingerprint density at radius 2 is 2.31 bits per heavy atom. The largest absolute Gasteiger partial charge is 0.364 e. The lowest BCUT2D eigenvalue weighted by Gasteiger charge is -2.17. The molecule has 1 saturated heterocycles. The Morgan fingerprint density at radius 1 is 1.44 bits per heavy atom. The first-order valence-corrected chi connectivity index (χ1v) is 5.71. The summed E-state index contributed by atoms with van der Waals surface area (Å²) in [5, 5.41) is 6.46. The van der Waals surface area contributed by atoms with E-state index in [2.05, 4.69) is 20.6 Å². The van der Waals surface area contributed by atoms with Crippen molar-refractivity contribution in [3.63, 3.8) is 0 Å². The van der Waals surface area contributed by atoms with Crippen molar-refractivity contribution in [1.29, 1.82) is 0 Å². The van der Waals surface area contributed by atoms with Crippen molar-refractivity contribution < 1.29 is 4.39 Å². The molecule has 0 aromatic carbocycles. The van der Waals surface area contributed by atoms with Gasteiger partial charge >= 0.3 is 0 Å². The maximum absolute atomic E-state index is 13.7. The predicted octanol–water partition coefficient (Wildman–Crippen LogP) is 1.48. The molecule has 1 aromatic rings. The summed E-state index contributed by atoms with van der Waals surface area (Å²) in [6, 6.07) is 0.256. The summed E-state index contributed by atoms with van der Waals surface area (Å²) in [4.78, 5) is 7.75. The van der Waals surface area contributed by atoms with E-state index < -0.39 is 0 Å². The molecule has 4 nitrogen and oxygen atoms in total. The van der Waals surface area contributed by atoms with Gasteiger partial charge in [0, 0.05) is 12.6 Å². The fourth-order valence-corrected chi connectivity index (χ4v) is 1.89. The molecule has 5 heteroatoms. The number of halogens is 1. The van der Waals surface area contributed by atoms with Gasteiger partial charge in [0.2, 0.25) is 0 Å². The highest BCUT2D eigenvalue weighted by atomic mass is 19.1. The first kappa shape index (κ1) is 11.3. The molecule has 0 bridgehead atoms. The van der Waals surface area contributed by atoms with Gasteiger partial charge in [0.05, 0.1) is 5.69 Å². The number of anilines is 1. The van der Waals surface area contributed by atoms with Crippen LogP contribution in [0.4, 0.5) is 10.2 Å². The zero-order chi connectivity index (χ0) is 11.4. The van der Waals surface area contributed by atoms with Crippen LogP contribution in [0, 0.1) is 12.7 Å². The Morgan fingerprint density at radius 3 is 3.19 bits per heavy atom. The average Bonchev–Trinajstić information content (AvgIpc) is 2.53. The Bertz CT molecular complexity index is 348. The standard InChI is InChI=1S/C11H17FN4/c1-8-10(12)11(15-7-14-8)16-9-4-2-3-5-13-6-9/h7,9,13H,2-6H2,1H3,(H,14,15,16). The molecular weight excluding hydrogens is 207 g/mol. The third-order valence-corrected chi connectivity index (χ3v) is 2.85. The van der Waals surface area contributed by atoms with Gasteiger partial charge in [-0.15, -0.1) is 0 Å². The fourth-order valence-electron chi connectivity index (χ4n) is 1.89. The van der Waals surface area contributed by atoms with Crippen LogP contribution in [0.3, 0.4) is 0 Å². The summed E-state index contributed by atoms with van der Waals surface area (Å²) >= 11 is 0. The van der Waals surface area contributed by atoms with E-state index in [1.165, 1.54) is 12.7 Å². The minimum atomic E-state index is -0.341. The maximum Gasteiger partial charge on any atom is 0.186 e. The number of aromatic nitrogens is 2. The Balaban J connectivity index is 2.04. The third kappa shape index (κ3) is 2.66. The summed E-state index contributed by atoms with van der Waals surface area (Å²) < 4.78 is 13.7. The smallest absolute Gasteiger partial charge is 0.186 e. The van der Waals surface area contributed by atoms with Gasteiger partial charge in [-0.2, -0.15) is 0 Å². The second-order valence-corrected chi connectivity index (χ2v) is 4.16. The second-order valence-electron chi connectivity index (χ2n) is 4.16. The van der Waals surface area contributed by atoms with Gasteiger partial charge in [0.25, 0.3) is 0 Å². The number of aryl methyl sites for hydroxylation is 1. The summed E-state index contributed by atoms with van der Waals surface area (Å²) in [6.45, 7) is 3.56. The first-order chi connectivity index (χ1) is 7.77. The van der Waals surface area contributed by atoms with Crippen LogP contribution in [0.25, 0.3) is 0 Å². The van der Waals surface area contributed by atoms with Crippen LogP contribution < -0.4 is 10.6 Å². The van der Waals surface area contributed by atoms with Gasteiger partial charge in [-0.3, -0.25) is 0 Å². The molecule has 1 aliphatic heterocycles. The van der Waals surface area contributed by atoms with Gasteiger partial charge in [0.1, 0.15) is 6.33 Å². The zero-order valence-electron chi connectivity index (χ0n) is 9.46. The first-order valence-electron chi connectivity index (χ1n) is 5.71. The van der Waals surface area contributed by atoms with E-state index >= 15 is 0 Å². The number of nitrogens with one attached hydrogen (secondary N) is 2. The molecule has 2 N–H and O–H groups in total. The van der Waals surface area contributed by atoms with Crippen molar-refractivity contribution in [1.82, 2.24) is 15.3 Å². The minimum absolute atomic E-state index is 0.256. The molecule has 88 valence electrons. The molecule has 2 rings (SSSR count). The summed E-state index contributed by atoms with van der Waals surface area (Å²) in [5.74, 6) is -0.0204. The SMILES string of the molecule is Cc1ncnc(NC2CCCCNC2)c1F. The van der Waals surface area contributed by atoms with Crippen molar-refractivity contribution >= 4 is 5.82 Å². The molecule has 0 aliphatic carbocycles. The summed E-state index contributed by atoms with van der Waals surface area (Å²) in [5.41, 5.74) is 0.388. The van der Waals surface area contributed by atoms with E-state index in [4.69, 9.17) is 0 Å². The molecule has 1 fully saturated rings. The third-order valence-electron chi connectivity index (χ3n) is 2.85. The van der Waals surface area contributed by atoms with E-state index in [0.29, 0.717) is 11.5 Å². The zero-order valence-corrected chi connectivity index (χ0v) is 9.46. The second kappa shape index (κ2) is 5.21. The van der Waals surface area contributed by atoms with Gasteiger partial charge in [-0.25, -0.2) is 14.4 Å². The van der Waals surface area contributed by atoms with Crippen LogP contribution in [0.15, 0.2) is 6.33 Å². The van der Waals surface area contributed by atoms with Gasteiger partial charge in [-0.1, -0.05) is 6.42 Å². The molecule has 2 heterocycles. The van der Waals surface area contributed by atoms with E-state index in [1.807, 2.05) is 0 Å². The van der Waals surface area contributed by atoms with Crippen molar-refractivity contribution in [2.75, 3.05) is 18.4 Å². The molecule has 1 aromatic heterocycles. The summed E-state index contributed by atoms with van der Waals surface area (Å²) in [6.07, 6.45) is 4.79. The highest BCUT2D eigenvalue weighted by Gasteiger charge is 2.15. The highest BCUT2D eigenvalue weighted by Crippen LogP contribution is 2.15. The predicted molar refractivity (Wildman–Crippen MR) is 60.9 cm³/mol. The minimum Gasteiger partial charge on any atom is -0.364 e. The van der Waals surface area contributed by atoms with E-state index in [9.17, 15) is 4.39 Å². The lowest BCUT2D eigenvalue weighted by atomic mass is 10.1. The topological polar surface area (TPSA) is 49.8 Å². The Hall–Kier alpha value is -1.23. The van der Waals surface area contributed by atoms with Crippen molar-refractivity contribution in [3.05, 3.63) is 17.8 Å². The maximum atomic E-state index is 13.7. The highest BCUT2D eigenvalue weighted by molar-refractivity contribution is 5.38. The van der Waals surface area contributed by atoms with Gasteiger partial charge < -0.3 is 10.6 Å². The van der Waals surface area contributed by atoms with E-state index in [-0.39, 0.29) is 11.9 Å². The van der Waals surface area contributed by atoms with Crippen LogP contribution >= 0.6 is 0 Å². The van der Waals surface area contributed by atoms with Crippen molar-refractivity contribution in [2.24, 2.45) is 0 Å². The van der Waals surface area contributed by atoms with E-state index in [0.717, 1.165) is 25.9 Å². The molecular formula is C11H17FN4. The molecule has 1 aliphatic rings. The van der Waals surface area contributed by atoms with E-state index in [1.54, 1.807) is 6.92 Å². The lowest BCUT2D eigenvalue weighted by Crippen LogP contribution is -2.31. The lowest BCUT2D eigenvalue weighted by molar-refractivity contribution is 0.586. The van der Waals surface area contributed by atoms with Crippen LogP contribution in [0.2, 0.25) is 0 Å². The quantitative estimate of drug-likeness (QED) is 0.799. The molecule has 0 saturated carbocycles. The Labute approximate surface area is 94.7 Å². The monoisotopic (exact) mass is 224 g/mol. The number of hydrogen-bond acceptors (Lipinski definition) is 4. The molecule has 1 atom stereocenters. The van der Waals surface area contributed by atoms with Crippen LogP contribution in [-0.2, 0) is 0 Å². The molecule has 0 amide bonds. The summed E-state index contributed by atoms with van der Waals surface area (Å²) in [7, 11) is 0. The van der Waals surface area contributed by atoms with Crippen LogP contribution in [-0.4, -0.2) is 29.1 Å². The van der Waals surface area contributed by atoms with Crippen LogP contribution in [0.1, 0.15) is 25.0 Å². The van der Waals surface area contributed by atoms with Crippen molar-refractivity contribution in [3.8, 4) is 0 Å². The van der Waals surface area contributed by atoms with Crippen molar-refractivity contribution in [2.45, 2.75) is 32.2 Å². The molecule has 0 spiro atoms. The van der Waals surface area contributed by atoms with Gasteiger partial charge in [-0.05, 0) is 26.3 Å². The molecule has 1 unspecified atom stereocenters. The number of rotatable bonds is 2.